The Morgan fingerprint density at radius 3 is 2.56 bits per heavy atom. The van der Waals surface area contributed by atoms with Crippen LogP contribution in [0.4, 0.5) is 5.69 Å². The van der Waals surface area contributed by atoms with Crippen molar-refractivity contribution in [2.75, 3.05) is 11.9 Å². The molecule has 0 fully saturated rings. The van der Waals surface area contributed by atoms with Crippen LogP contribution >= 0.6 is 12.4 Å². The number of rotatable bonds is 7. The number of fused-ring (bicyclic) bond motifs is 1. The zero-order valence-electron chi connectivity index (χ0n) is 15.6. The number of hydrogen-bond acceptors (Lipinski definition) is 3. The highest BCUT2D eigenvalue weighted by Crippen LogP contribution is 2.13. The summed E-state index contributed by atoms with van der Waals surface area (Å²) >= 11 is 0. The summed E-state index contributed by atoms with van der Waals surface area (Å²) < 4.78 is 3.26. The third-order valence-electron chi connectivity index (χ3n) is 4.40. The maximum atomic E-state index is 12.4. The molecule has 144 valence electrons. The number of nitrogens with zero attached hydrogens (tertiary/aromatic N) is 2. The molecule has 0 saturated carbocycles. The minimum atomic E-state index is -0.106. The highest BCUT2D eigenvalue weighted by atomic mass is 35.5. The summed E-state index contributed by atoms with van der Waals surface area (Å²) in [6.07, 6.45) is 0.241. The van der Waals surface area contributed by atoms with Gasteiger partial charge < -0.3 is 10.6 Å². The SMILES string of the molecule is CCNCc1cccc(NC(=O)CCn2c(=O)n(C)c3ccccc32)c1.Cl. The third kappa shape index (κ3) is 4.78. The average Bonchev–Trinajstić information content (AvgIpc) is 2.89. The van der Waals surface area contributed by atoms with E-state index in [4.69, 9.17) is 0 Å². The van der Waals surface area contributed by atoms with E-state index in [-0.39, 0.29) is 30.4 Å². The third-order valence-corrected chi connectivity index (χ3v) is 4.40. The van der Waals surface area contributed by atoms with Crippen molar-refractivity contribution in [3.8, 4) is 0 Å². The second-order valence-corrected chi connectivity index (χ2v) is 6.26. The van der Waals surface area contributed by atoms with Crippen LogP contribution < -0.4 is 16.3 Å². The van der Waals surface area contributed by atoms with E-state index in [0.29, 0.717) is 6.54 Å². The number of amides is 1. The second-order valence-electron chi connectivity index (χ2n) is 6.26. The number of aromatic nitrogens is 2. The molecule has 0 aliphatic rings. The molecule has 3 rings (SSSR count). The first kappa shape index (κ1) is 20.7. The van der Waals surface area contributed by atoms with E-state index in [1.54, 1.807) is 16.2 Å². The van der Waals surface area contributed by atoms with Gasteiger partial charge >= 0.3 is 5.69 Å². The van der Waals surface area contributed by atoms with Crippen molar-refractivity contribution in [1.82, 2.24) is 14.5 Å². The lowest BCUT2D eigenvalue weighted by atomic mass is 10.2. The molecule has 27 heavy (non-hydrogen) atoms. The molecular formula is C20H25ClN4O2. The number of hydrogen-bond donors (Lipinski definition) is 2. The summed E-state index contributed by atoms with van der Waals surface area (Å²) in [7, 11) is 1.75. The van der Waals surface area contributed by atoms with Crippen LogP contribution in [0.1, 0.15) is 18.9 Å². The Morgan fingerprint density at radius 1 is 1.07 bits per heavy atom. The molecule has 1 aromatic heterocycles. The standard InChI is InChI=1S/C20H24N4O2.ClH/c1-3-21-14-15-7-6-8-16(13-15)22-19(25)11-12-24-18-10-5-4-9-17(18)23(2)20(24)26;/h4-10,13,21H,3,11-12,14H2,1-2H3,(H,22,25);1H. The van der Waals surface area contributed by atoms with E-state index in [9.17, 15) is 9.59 Å². The van der Waals surface area contributed by atoms with E-state index in [2.05, 4.69) is 17.6 Å². The van der Waals surface area contributed by atoms with Crippen molar-refractivity contribution in [2.24, 2.45) is 7.05 Å². The zero-order valence-corrected chi connectivity index (χ0v) is 16.4. The van der Waals surface area contributed by atoms with E-state index < -0.39 is 0 Å². The molecule has 0 bridgehead atoms. The number of carbonyl (C=O) groups is 1. The number of nitrogens with one attached hydrogen (secondary N) is 2. The second kappa shape index (κ2) is 9.39. The van der Waals surface area contributed by atoms with Crippen LogP contribution in [0.2, 0.25) is 0 Å². The smallest absolute Gasteiger partial charge is 0.326 e. The molecule has 3 aromatic rings. The predicted octanol–water partition coefficient (Wildman–Crippen LogP) is 2.90. The van der Waals surface area contributed by atoms with Crippen molar-refractivity contribution < 1.29 is 4.79 Å². The molecule has 7 heteroatoms. The summed E-state index contributed by atoms with van der Waals surface area (Å²) in [4.78, 5) is 24.7. The summed E-state index contributed by atoms with van der Waals surface area (Å²) in [5.74, 6) is -0.106. The normalized spacial score (nSPS) is 10.6. The van der Waals surface area contributed by atoms with Gasteiger partial charge in [-0.25, -0.2) is 4.79 Å². The van der Waals surface area contributed by atoms with E-state index in [1.807, 2.05) is 48.5 Å². The Morgan fingerprint density at radius 2 is 1.81 bits per heavy atom. The summed E-state index contributed by atoms with van der Waals surface area (Å²) in [5, 5.41) is 6.18. The molecule has 1 amide bonds. The minimum Gasteiger partial charge on any atom is -0.326 e. The highest BCUT2D eigenvalue weighted by molar-refractivity contribution is 5.90. The van der Waals surface area contributed by atoms with Gasteiger partial charge in [-0.15, -0.1) is 12.4 Å². The number of benzene rings is 2. The Kier molecular flexibility index (Phi) is 7.21. The minimum absolute atomic E-state index is 0. The predicted molar refractivity (Wildman–Crippen MR) is 111 cm³/mol. The fourth-order valence-electron chi connectivity index (χ4n) is 3.04. The zero-order chi connectivity index (χ0) is 18.5. The van der Waals surface area contributed by atoms with Gasteiger partial charge in [-0.2, -0.15) is 0 Å². The van der Waals surface area contributed by atoms with Crippen molar-refractivity contribution in [3.63, 3.8) is 0 Å². The molecule has 0 radical (unpaired) electrons. The van der Waals surface area contributed by atoms with E-state index >= 15 is 0 Å². The van der Waals surface area contributed by atoms with Gasteiger partial charge in [0.1, 0.15) is 0 Å². The van der Waals surface area contributed by atoms with E-state index in [0.717, 1.165) is 35.4 Å². The van der Waals surface area contributed by atoms with Crippen LogP contribution in [-0.4, -0.2) is 21.6 Å². The van der Waals surface area contributed by atoms with E-state index in [1.165, 1.54) is 0 Å². The van der Waals surface area contributed by atoms with Crippen molar-refractivity contribution in [2.45, 2.75) is 26.4 Å². The fraction of sp³-hybridized carbons (Fsp3) is 0.300. The first-order valence-electron chi connectivity index (χ1n) is 8.84. The van der Waals surface area contributed by atoms with Crippen LogP contribution in [-0.2, 0) is 24.9 Å². The topological polar surface area (TPSA) is 68.1 Å². The number of halogens is 1. The van der Waals surface area contributed by atoms with Crippen LogP contribution in [0.5, 0.6) is 0 Å². The summed E-state index contributed by atoms with van der Waals surface area (Å²) in [5.41, 5.74) is 3.51. The number of para-hydroxylation sites is 2. The lowest BCUT2D eigenvalue weighted by Crippen LogP contribution is -2.24. The molecule has 0 saturated heterocycles. The molecule has 0 atom stereocenters. The highest BCUT2D eigenvalue weighted by Gasteiger charge is 2.11. The lowest BCUT2D eigenvalue weighted by Gasteiger charge is -2.08. The van der Waals surface area contributed by atoms with Gasteiger partial charge in [0.05, 0.1) is 11.0 Å². The molecule has 2 N–H and O–H groups in total. The molecule has 2 aromatic carbocycles. The molecule has 0 aliphatic heterocycles. The Labute approximate surface area is 164 Å². The van der Waals surface area contributed by atoms with Gasteiger partial charge in [0, 0.05) is 32.2 Å². The van der Waals surface area contributed by atoms with Gasteiger partial charge in [0.2, 0.25) is 5.91 Å². The number of aryl methyl sites for hydroxylation is 2. The van der Waals surface area contributed by atoms with Gasteiger partial charge in [0.25, 0.3) is 0 Å². The van der Waals surface area contributed by atoms with Crippen LogP contribution in [0.15, 0.2) is 53.3 Å². The maximum Gasteiger partial charge on any atom is 0.328 e. The van der Waals surface area contributed by atoms with Crippen LogP contribution in [0, 0.1) is 0 Å². The molecule has 6 nitrogen and oxygen atoms in total. The van der Waals surface area contributed by atoms with Crippen LogP contribution in [0.3, 0.4) is 0 Å². The number of imidazole rings is 1. The van der Waals surface area contributed by atoms with Gasteiger partial charge in [-0.3, -0.25) is 13.9 Å². The Balaban J connectivity index is 0.00000261. The lowest BCUT2D eigenvalue weighted by molar-refractivity contribution is -0.116. The molecule has 1 heterocycles. The van der Waals surface area contributed by atoms with Gasteiger partial charge in [-0.1, -0.05) is 31.2 Å². The van der Waals surface area contributed by atoms with Gasteiger partial charge in [-0.05, 0) is 36.4 Å². The van der Waals surface area contributed by atoms with Crippen LogP contribution in [0.25, 0.3) is 11.0 Å². The molecular weight excluding hydrogens is 364 g/mol. The average molecular weight is 389 g/mol. The quantitative estimate of drug-likeness (QED) is 0.654. The molecule has 0 spiro atoms. The summed E-state index contributed by atoms with van der Waals surface area (Å²) in [6, 6.07) is 15.4. The van der Waals surface area contributed by atoms with Crippen molar-refractivity contribution in [3.05, 3.63) is 64.6 Å². The Hall–Kier alpha value is -2.57. The summed E-state index contributed by atoms with van der Waals surface area (Å²) in [6.45, 7) is 4.08. The Bertz CT molecular complexity index is 978. The fourth-order valence-corrected chi connectivity index (χ4v) is 3.04. The largest absolute Gasteiger partial charge is 0.328 e. The number of carbonyl (C=O) groups excluding carboxylic acids is 1. The van der Waals surface area contributed by atoms with Gasteiger partial charge in [0.15, 0.2) is 0 Å². The first-order valence-corrected chi connectivity index (χ1v) is 8.84. The molecule has 0 unspecified atom stereocenters. The number of anilines is 1. The van der Waals surface area contributed by atoms with Crippen molar-refractivity contribution in [1.29, 1.82) is 0 Å². The first-order chi connectivity index (χ1) is 12.6. The molecule has 0 aliphatic carbocycles. The monoisotopic (exact) mass is 388 g/mol. The maximum absolute atomic E-state index is 12.4. The van der Waals surface area contributed by atoms with Crippen molar-refractivity contribution >= 4 is 35.0 Å².